The minimum absolute atomic E-state index is 0.0748. The van der Waals surface area contributed by atoms with Gasteiger partial charge in [-0.25, -0.2) is 9.78 Å². The van der Waals surface area contributed by atoms with Crippen LogP contribution in [-0.2, 0) is 0 Å². The average molecular weight is 274 g/mol. The monoisotopic (exact) mass is 274 g/mol. The van der Waals surface area contributed by atoms with Crippen LogP contribution in [0.4, 0.5) is 0 Å². The van der Waals surface area contributed by atoms with Gasteiger partial charge in [-0.1, -0.05) is 18.9 Å². The summed E-state index contributed by atoms with van der Waals surface area (Å²) in [6.45, 7) is 1.87. The number of imidazole rings is 1. The van der Waals surface area contributed by atoms with Crippen LogP contribution in [0.15, 0.2) is 18.2 Å². The molecule has 0 spiro atoms. The Morgan fingerprint density at radius 2 is 2.10 bits per heavy atom. The Morgan fingerprint density at radius 1 is 1.35 bits per heavy atom. The highest BCUT2D eigenvalue weighted by Crippen LogP contribution is 2.33. The molecule has 2 aromatic rings. The van der Waals surface area contributed by atoms with Crippen LogP contribution >= 0.6 is 0 Å². The van der Waals surface area contributed by atoms with Crippen molar-refractivity contribution in [2.24, 2.45) is 0 Å². The van der Waals surface area contributed by atoms with Gasteiger partial charge in [0.05, 0.1) is 28.7 Å². The second kappa shape index (κ2) is 4.90. The predicted octanol–water partition coefficient (Wildman–Crippen LogP) is 2.52. The van der Waals surface area contributed by atoms with Gasteiger partial charge in [0.15, 0.2) is 0 Å². The molecule has 1 aromatic carbocycles. The Bertz CT molecular complexity index is 662. The lowest BCUT2D eigenvalue weighted by Crippen LogP contribution is -2.28. The number of carbonyl (C=O) groups is 1. The van der Waals surface area contributed by atoms with Crippen LogP contribution in [0.2, 0.25) is 0 Å². The average Bonchev–Trinajstić information content (AvgIpc) is 2.75. The number of fused-ring (bicyclic) bond motifs is 1. The van der Waals surface area contributed by atoms with E-state index >= 15 is 0 Å². The number of para-hydroxylation sites is 1. The number of hydrogen-bond acceptors (Lipinski definition) is 3. The summed E-state index contributed by atoms with van der Waals surface area (Å²) in [6.07, 6.45) is 3.27. The largest absolute Gasteiger partial charge is 0.478 e. The molecule has 1 aromatic heterocycles. The highest BCUT2D eigenvalue weighted by Gasteiger charge is 2.28. The molecule has 20 heavy (non-hydrogen) atoms. The zero-order valence-corrected chi connectivity index (χ0v) is 11.4. The van der Waals surface area contributed by atoms with Gasteiger partial charge in [-0.2, -0.15) is 0 Å². The van der Waals surface area contributed by atoms with Crippen LogP contribution in [-0.4, -0.2) is 31.8 Å². The second-order valence-electron chi connectivity index (χ2n) is 5.43. The lowest BCUT2D eigenvalue weighted by Gasteiger charge is -2.30. The zero-order chi connectivity index (χ0) is 14.3. The Kier molecular flexibility index (Phi) is 3.22. The molecule has 5 heteroatoms. The Hall–Kier alpha value is -1.88. The molecule has 1 fully saturated rings. The number of aromatic nitrogens is 2. The molecule has 5 nitrogen and oxygen atoms in total. The van der Waals surface area contributed by atoms with E-state index in [0.717, 1.165) is 31.5 Å². The third-order valence-corrected chi connectivity index (χ3v) is 4.14. The van der Waals surface area contributed by atoms with Crippen molar-refractivity contribution in [1.29, 1.82) is 0 Å². The minimum Gasteiger partial charge on any atom is -0.478 e. The fourth-order valence-corrected chi connectivity index (χ4v) is 3.24. The first-order valence-electron chi connectivity index (χ1n) is 6.98. The van der Waals surface area contributed by atoms with Crippen molar-refractivity contribution in [3.05, 3.63) is 29.6 Å². The van der Waals surface area contributed by atoms with Crippen LogP contribution in [0, 0.1) is 6.92 Å². The van der Waals surface area contributed by atoms with Crippen molar-refractivity contribution in [1.82, 2.24) is 9.55 Å². The van der Waals surface area contributed by atoms with Gasteiger partial charge in [0.2, 0.25) is 0 Å². The zero-order valence-electron chi connectivity index (χ0n) is 11.4. The number of benzene rings is 1. The number of aliphatic hydroxyl groups excluding tert-OH is 1. The fourth-order valence-electron chi connectivity index (χ4n) is 3.24. The van der Waals surface area contributed by atoms with Crippen LogP contribution in [0.25, 0.3) is 11.0 Å². The SMILES string of the molecule is Cc1nc2cccc(C(=O)O)c2n1C1CCCCC1O. The van der Waals surface area contributed by atoms with Gasteiger partial charge in [0.25, 0.3) is 0 Å². The quantitative estimate of drug-likeness (QED) is 0.882. The molecule has 0 aliphatic heterocycles. The molecule has 1 aliphatic rings. The van der Waals surface area contributed by atoms with Crippen molar-refractivity contribution in [2.75, 3.05) is 0 Å². The maximum atomic E-state index is 11.4. The van der Waals surface area contributed by atoms with E-state index in [9.17, 15) is 15.0 Å². The molecule has 0 radical (unpaired) electrons. The van der Waals surface area contributed by atoms with Crippen LogP contribution in [0.5, 0.6) is 0 Å². The maximum Gasteiger partial charge on any atom is 0.337 e. The van der Waals surface area contributed by atoms with E-state index in [0.29, 0.717) is 11.0 Å². The number of nitrogens with zero attached hydrogens (tertiary/aromatic N) is 2. The number of hydrogen-bond donors (Lipinski definition) is 2. The molecular formula is C15H18N2O3. The molecular weight excluding hydrogens is 256 g/mol. The van der Waals surface area contributed by atoms with Crippen molar-refractivity contribution in [3.63, 3.8) is 0 Å². The lowest BCUT2D eigenvalue weighted by atomic mass is 9.92. The standard InChI is InChI=1S/C15H18N2O3/c1-9-16-11-6-4-5-10(15(19)20)14(11)17(9)12-7-2-3-8-13(12)18/h4-6,12-13,18H,2-3,7-8H2,1H3,(H,19,20). The van der Waals surface area contributed by atoms with Gasteiger partial charge in [-0.05, 0) is 31.9 Å². The molecule has 0 bridgehead atoms. The number of aryl methyl sites for hydroxylation is 1. The fraction of sp³-hybridized carbons (Fsp3) is 0.467. The summed E-state index contributed by atoms with van der Waals surface area (Å²) in [6, 6.07) is 5.05. The van der Waals surface area contributed by atoms with Crippen LogP contribution < -0.4 is 0 Å². The Balaban J connectivity index is 2.23. The van der Waals surface area contributed by atoms with Gasteiger partial charge in [0.1, 0.15) is 5.82 Å². The van der Waals surface area contributed by atoms with E-state index in [1.807, 2.05) is 17.6 Å². The summed E-state index contributed by atoms with van der Waals surface area (Å²) in [5.74, 6) is -0.193. The Labute approximate surface area is 116 Å². The van der Waals surface area contributed by atoms with Crippen molar-refractivity contribution in [3.8, 4) is 0 Å². The van der Waals surface area contributed by atoms with E-state index in [-0.39, 0.29) is 11.6 Å². The van der Waals surface area contributed by atoms with Crippen LogP contribution in [0.3, 0.4) is 0 Å². The van der Waals surface area contributed by atoms with Gasteiger partial charge < -0.3 is 14.8 Å². The molecule has 0 amide bonds. The van der Waals surface area contributed by atoms with Crippen LogP contribution in [0.1, 0.15) is 47.9 Å². The van der Waals surface area contributed by atoms with E-state index in [1.54, 1.807) is 12.1 Å². The summed E-state index contributed by atoms with van der Waals surface area (Å²) < 4.78 is 1.92. The normalized spacial score (nSPS) is 23.1. The third-order valence-electron chi connectivity index (χ3n) is 4.14. The van der Waals surface area contributed by atoms with E-state index in [1.165, 1.54) is 0 Å². The Morgan fingerprint density at radius 3 is 2.80 bits per heavy atom. The second-order valence-corrected chi connectivity index (χ2v) is 5.43. The number of aromatic carboxylic acids is 1. The summed E-state index contributed by atoms with van der Waals surface area (Å²) >= 11 is 0. The smallest absolute Gasteiger partial charge is 0.337 e. The first-order valence-corrected chi connectivity index (χ1v) is 6.98. The molecule has 2 unspecified atom stereocenters. The molecule has 1 heterocycles. The minimum atomic E-state index is -0.956. The van der Waals surface area contributed by atoms with E-state index in [4.69, 9.17) is 0 Å². The topological polar surface area (TPSA) is 75.3 Å². The number of carboxylic acids is 1. The van der Waals surface area contributed by atoms with E-state index in [2.05, 4.69) is 4.98 Å². The summed E-state index contributed by atoms with van der Waals surface area (Å²) in [5.41, 5.74) is 1.56. The number of carboxylic acid groups (broad SMARTS) is 1. The summed E-state index contributed by atoms with van der Waals surface area (Å²) in [4.78, 5) is 15.9. The first kappa shape index (κ1) is 13.1. The van der Waals surface area contributed by atoms with Crippen molar-refractivity contribution >= 4 is 17.0 Å². The van der Waals surface area contributed by atoms with Gasteiger partial charge in [0, 0.05) is 0 Å². The van der Waals surface area contributed by atoms with Gasteiger partial charge >= 0.3 is 5.97 Å². The van der Waals surface area contributed by atoms with Crippen molar-refractivity contribution in [2.45, 2.75) is 44.8 Å². The summed E-state index contributed by atoms with van der Waals surface area (Å²) in [5, 5.41) is 19.6. The molecule has 1 aliphatic carbocycles. The molecule has 106 valence electrons. The third kappa shape index (κ3) is 1.98. The molecule has 2 N–H and O–H groups in total. The molecule has 2 atom stereocenters. The summed E-state index contributed by atoms with van der Waals surface area (Å²) in [7, 11) is 0. The van der Waals surface area contributed by atoms with Gasteiger partial charge in [-0.3, -0.25) is 0 Å². The van der Waals surface area contributed by atoms with Crippen molar-refractivity contribution < 1.29 is 15.0 Å². The number of rotatable bonds is 2. The highest BCUT2D eigenvalue weighted by atomic mass is 16.4. The highest BCUT2D eigenvalue weighted by molar-refractivity contribution is 6.01. The number of aliphatic hydroxyl groups is 1. The molecule has 3 rings (SSSR count). The van der Waals surface area contributed by atoms with E-state index < -0.39 is 12.1 Å². The lowest BCUT2D eigenvalue weighted by molar-refractivity contribution is 0.0689. The van der Waals surface area contributed by atoms with Gasteiger partial charge in [-0.15, -0.1) is 0 Å². The first-order chi connectivity index (χ1) is 9.59. The maximum absolute atomic E-state index is 11.4. The molecule has 1 saturated carbocycles. The predicted molar refractivity (Wildman–Crippen MR) is 74.9 cm³/mol. The molecule has 0 saturated heterocycles.